The monoisotopic (exact) mass is 752 g/mol. The lowest BCUT2D eigenvalue weighted by Gasteiger charge is -2.40. The molecule has 3 aliphatic rings. The van der Waals surface area contributed by atoms with Gasteiger partial charge in [-0.1, -0.05) is 24.3 Å². The Morgan fingerprint density at radius 1 is 1.15 bits per heavy atom. The van der Waals surface area contributed by atoms with E-state index in [9.17, 15) is 21.6 Å². The van der Waals surface area contributed by atoms with E-state index in [2.05, 4.69) is 30.1 Å². The van der Waals surface area contributed by atoms with E-state index >= 15 is 8.78 Å². The molecular weight excluding hydrogens is 711 g/mol. The molecule has 12 nitrogen and oxygen atoms in total. The third kappa shape index (κ3) is 7.78. The predicted molar refractivity (Wildman–Crippen MR) is 183 cm³/mol. The fourth-order valence-electron chi connectivity index (χ4n) is 6.16. The van der Waals surface area contributed by atoms with Gasteiger partial charge < -0.3 is 19.7 Å². The fourth-order valence-corrected chi connectivity index (χ4v) is 7.11. The minimum absolute atomic E-state index is 0.0518. The Morgan fingerprint density at radius 3 is 2.71 bits per heavy atom. The number of alkyl halides is 5. The second-order valence-electron chi connectivity index (χ2n) is 14.1. The van der Waals surface area contributed by atoms with Crippen LogP contribution >= 0.6 is 0 Å². The Morgan fingerprint density at radius 2 is 1.96 bits per heavy atom. The number of aromatic nitrogens is 5. The number of sulfonamides is 1. The summed E-state index contributed by atoms with van der Waals surface area (Å²) < 4.78 is 115. The van der Waals surface area contributed by atoms with Gasteiger partial charge in [-0.05, 0) is 64.3 Å². The van der Waals surface area contributed by atoms with Crippen LogP contribution in [0.25, 0.3) is 11.4 Å². The van der Waals surface area contributed by atoms with Crippen LogP contribution in [0.1, 0.15) is 45.7 Å². The average Bonchev–Trinajstić information content (AvgIpc) is 3.79. The maximum absolute atomic E-state index is 16.5. The normalized spacial score (nSPS) is 23.7. The molecule has 1 aliphatic carbocycles. The van der Waals surface area contributed by atoms with Crippen molar-refractivity contribution in [3.63, 3.8) is 0 Å². The average molecular weight is 753 g/mol. The van der Waals surface area contributed by atoms with Crippen molar-refractivity contribution in [3.05, 3.63) is 60.6 Å². The number of rotatable bonds is 6. The summed E-state index contributed by atoms with van der Waals surface area (Å²) in [5.41, 5.74) is -4.10. The Hall–Kier alpha value is -4.16. The van der Waals surface area contributed by atoms with Gasteiger partial charge in [-0.3, -0.25) is 4.72 Å². The first-order valence-electron chi connectivity index (χ1n) is 16.9. The first kappa shape index (κ1) is 37.6. The quantitative estimate of drug-likeness (QED) is 0.305. The molecule has 2 atom stereocenters. The molecule has 0 saturated carbocycles. The van der Waals surface area contributed by atoms with Crippen LogP contribution in [0, 0.1) is 16.7 Å². The van der Waals surface area contributed by atoms with Crippen molar-refractivity contribution in [1.29, 1.82) is 0 Å². The molecule has 3 aromatic rings. The number of allylic oxidation sites excluding steroid dienone is 4. The van der Waals surface area contributed by atoms with Crippen LogP contribution in [-0.2, 0) is 14.8 Å². The number of hydrogen-bond donors (Lipinski definition) is 2. The van der Waals surface area contributed by atoms with Crippen LogP contribution in [0.3, 0.4) is 0 Å². The van der Waals surface area contributed by atoms with Crippen LogP contribution < -0.4 is 19.7 Å². The highest BCUT2D eigenvalue weighted by atomic mass is 32.2. The summed E-state index contributed by atoms with van der Waals surface area (Å²) in [5, 5.41) is 6.87. The SMILES string of the molecule is CC(C)(COc1ccn(-c2ncc3nc2C2=CC=CCC2(C)C(F)(F)CNCCCN(CC2CCOC2)c2cccc(n2)S(=O)(=O)N3)n1)C(F)(F)F. The summed E-state index contributed by atoms with van der Waals surface area (Å²) in [6.07, 6.45) is 3.82. The van der Waals surface area contributed by atoms with E-state index in [0.29, 0.717) is 38.5 Å². The molecule has 6 rings (SSSR count). The van der Waals surface area contributed by atoms with Crippen LogP contribution in [0.4, 0.5) is 33.6 Å². The van der Waals surface area contributed by atoms with Crippen LogP contribution in [0.15, 0.2) is 59.9 Å². The molecule has 282 valence electrons. The Kier molecular flexibility index (Phi) is 10.4. The van der Waals surface area contributed by atoms with Crippen molar-refractivity contribution in [2.24, 2.45) is 16.7 Å². The molecule has 0 spiro atoms. The highest BCUT2D eigenvalue weighted by Gasteiger charge is 2.53. The Labute approximate surface area is 298 Å². The zero-order valence-electron chi connectivity index (χ0n) is 29.0. The minimum Gasteiger partial charge on any atom is -0.476 e. The molecular formula is C34H41F5N8O4S. The van der Waals surface area contributed by atoms with Crippen LogP contribution in [0.5, 0.6) is 5.88 Å². The summed E-state index contributed by atoms with van der Waals surface area (Å²) >= 11 is 0. The molecule has 3 aromatic heterocycles. The largest absolute Gasteiger partial charge is 0.476 e. The number of pyridine rings is 1. The summed E-state index contributed by atoms with van der Waals surface area (Å²) in [6.45, 7) is 4.40. The maximum Gasteiger partial charge on any atom is 0.397 e. The number of hydrogen-bond acceptors (Lipinski definition) is 10. The highest BCUT2D eigenvalue weighted by molar-refractivity contribution is 7.92. The van der Waals surface area contributed by atoms with Gasteiger partial charge in [0.25, 0.3) is 15.9 Å². The molecule has 4 bridgehead atoms. The molecule has 1 fully saturated rings. The maximum atomic E-state index is 16.5. The van der Waals surface area contributed by atoms with Gasteiger partial charge in [0.2, 0.25) is 5.88 Å². The standard InChI is InChI=1S/C34H41F5N8O4S/c1-31(2,34(37,38)39)22-51-27-11-16-47(44-27)30-29-24-8-4-5-13-32(24,3)33(35,36)21-40-14-7-15-46(19-23-12-17-50-20-23)26-9-6-10-28(43-26)52(48,49)45-25(42-29)18-41-30/h4-6,8-11,16,18,23,40H,7,12-15,17,19-22H2,1-3H3,(H,42,45). The summed E-state index contributed by atoms with van der Waals surface area (Å²) in [4.78, 5) is 15.4. The second kappa shape index (κ2) is 14.3. The van der Waals surface area contributed by atoms with E-state index in [-0.39, 0.29) is 52.7 Å². The molecule has 0 radical (unpaired) electrons. The summed E-state index contributed by atoms with van der Waals surface area (Å²) in [6, 6.07) is 5.94. The number of halogens is 5. The van der Waals surface area contributed by atoms with Crippen molar-refractivity contribution < 1.29 is 39.8 Å². The molecule has 0 aromatic carbocycles. The summed E-state index contributed by atoms with van der Waals surface area (Å²) in [7, 11) is -4.36. The van der Waals surface area contributed by atoms with E-state index in [1.54, 1.807) is 24.3 Å². The van der Waals surface area contributed by atoms with Gasteiger partial charge in [0.05, 0.1) is 30.2 Å². The first-order valence-corrected chi connectivity index (χ1v) is 18.4. The Balaban J connectivity index is 1.41. The van der Waals surface area contributed by atoms with Crippen molar-refractivity contribution in [3.8, 4) is 11.7 Å². The lowest BCUT2D eigenvalue weighted by atomic mass is 9.70. The minimum atomic E-state index is -4.54. The number of nitrogens with one attached hydrogen (secondary N) is 2. The number of nitrogens with zero attached hydrogens (tertiary/aromatic N) is 6. The number of fused-ring (bicyclic) bond motifs is 6. The van der Waals surface area contributed by atoms with E-state index in [4.69, 9.17) is 9.47 Å². The van der Waals surface area contributed by atoms with Gasteiger partial charge in [-0.15, -0.1) is 5.10 Å². The molecule has 2 N–H and O–H groups in total. The zero-order valence-corrected chi connectivity index (χ0v) is 29.8. The topological polar surface area (TPSA) is 136 Å². The molecule has 18 heteroatoms. The fraction of sp³-hybridized carbons (Fsp3) is 0.529. The molecule has 0 amide bonds. The van der Waals surface area contributed by atoms with Crippen molar-refractivity contribution >= 4 is 27.2 Å². The van der Waals surface area contributed by atoms with E-state index in [1.807, 2.05) is 4.90 Å². The van der Waals surface area contributed by atoms with Gasteiger partial charge in [-0.25, -0.2) is 28.4 Å². The molecule has 2 aliphatic heterocycles. The van der Waals surface area contributed by atoms with Gasteiger partial charge in [0.15, 0.2) is 16.7 Å². The predicted octanol–water partition coefficient (Wildman–Crippen LogP) is 5.65. The van der Waals surface area contributed by atoms with Gasteiger partial charge in [0.1, 0.15) is 18.1 Å². The third-order valence-electron chi connectivity index (χ3n) is 9.64. The molecule has 1 saturated heterocycles. The van der Waals surface area contributed by atoms with Crippen molar-refractivity contribution in [1.82, 2.24) is 30.0 Å². The Bertz CT molecular complexity index is 1930. The van der Waals surface area contributed by atoms with Crippen LogP contribution in [0.2, 0.25) is 0 Å². The van der Waals surface area contributed by atoms with Crippen molar-refractivity contribution in [2.45, 2.75) is 57.2 Å². The zero-order chi connectivity index (χ0) is 37.4. The van der Waals surface area contributed by atoms with E-state index in [1.165, 1.54) is 31.3 Å². The lowest BCUT2D eigenvalue weighted by molar-refractivity contribution is -0.219. The smallest absolute Gasteiger partial charge is 0.397 e. The molecule has 2 unspecified atom stereocenters. The third-order valence-corrected chi connectivity index (χ3v) is 10.9. The summed E-state index contributed by atoms with van der Waals surface area (Å²) in [5.74, 6) is -3.25. The van der Waals surface area contributed by atoms with E-state index in [0.717, 1.165) is 31.1 Å². The first-order chi connectivity index (χ1) is 24.5. The van der Waals surface area contributed by atoms with E-state index < -0.39 is 46.1 Å². The molecule has 52 heavy (non-hydrogen) atoms. The lowest BCUT2D eigenvalue weighted by Crippen LogP contribution is -2.48. The van der Waals surface area contributed by atoms with Gasteiger partial charge in [-0.2, -0.15) is 21.6 Å². The highest BCUT2D eigenvalue weighted by Crippen LogP contribution is 2.51. The molecule has 5 heterocycles. The second-order valence-corrected chi connectivity index (χ2v) is 15.7. The van der Waals surface area contributed by atoms with Gasteiger partial charge in [0, 0.05) is 37.9 Å². The number of ether oxygens (including phenoxy) is 2. The van der Waals surface area contributed by atoms with Crippen LogP contribution in [-0.4, -0.2) is 91.2 Å². The number of anilines is 2. The van der Waals surface area contributed by atoms with Gasteiger partial charge >= 0.3 is 6.18 Å². The van der Waals surface area contributed by atoms with Crippen molar-refractivity contribution in [2.75, 3.05) is 55.6 Å².